The summed E-state index contributed by atoms with van der Waals surface area (Å²) in [7, 11) is 3.89. The maximum atomic E-state index is 5.81. The molecule has 0 bridgehead atoms. The van der Waals surface area contributed by atoms with E-state index in [-0.39, 0.29) is 5.41 Å². The summed E-state index contributed by atoms with van der Waals surface area (Å²) in [6.45, 7) is 8.37. The number of benzene rings is 1. The van der Waals surface area contributed by atoms with Crippen molar-refractivity contribution in [1.29, 1.82) is 0 Å². The van der Waals surface area contributed by atoms with Crippen LogP contribution in [0.2, 0.25) is 0 Å². The van der Waals surface area contributed by atoms with E-state index in [1.807, 2.05) is 12.1 Å². The topological polar surface area (TPSA) is 38.5 Å². The summed E-state index contributed by atoms with van der Waals surface area (Å²) in [6, 6.07) is 8.69. The molecule has 0 aliphatic rings. The Hall–Kier alpha value is -1.06. The second kappa shape index (κ2) is 6.92. The number of nitrogens with two attached hydrogens (primary N) is 1. The van der Waals surface area contributed by atoms with Crippen LogP contribution in [0.3, 0.4) is 0 Å². The fraction of sp³-hybridized carbons (Fsp3) is 0.625. The molecule has 0 radical (unpaired) electrons. The SMILES string of the molecule is COc1ccccc1CC(C)N(C)CC(C)(C)CN. The quantitative estimate of drug-likeness (QED) is 0.822. The first-order valence-corrected chi connectivity index (χ1v) is 6.92. The van der Waals surface area contributed by atoms with Gasteiger partial charge >= 0.3 is 0 Å². The van der Waals surface area contributed by atoms with Gasteiger partial charge < -0.3 is 15.4 Å². The molecule has 0 aliphatic carbocycles. The highest BCUT2D eigenvalue weighted by atomic mass is 16.5. The van der Waals surface area contributed by atoms with Gasteiger partial charge in [-0.15, -0.1) is 0 Å². The van der Waals surface area contributed by atoms with Gasteiger partial charge in [-0.05, 0) is 44.0 Å². The molecule has 1 atom stereocenters. The van der Waals surface area contributed by atoms with E-state index in [1.165, 1.54) is 5.56 Å². The summed E-state index contributed by atoms with van der Waals surface area (Å²) >= 11 is 0. The highest BCUT2D eigenvalue weighted by molar-refractivity contribution is 5.33. The summed E-state index contributed by atoms with van der Waals surface area (Å²) in [5, 5.41) is 0. The van der Waals surface area contributed by atoms with E-state index in [1.54, 1.807) is 7.11 Å². The van der Waals surface area contributed by atoms with Gasteiger partial charge in [0.25, 0.3) is 0 Å². The van der Waals surface area contributed by atoms with Gasteiger partial charge in [-0.25, -0.2) is 0 Å². The number of likely N-dealkylation sites (N-methyl/N-ethyl adjacent to an activating group) is 1. The Kier molecular flexibility index (Phi) is 5.83. The van der Waals surface area contributed by atoms with Crippen molar-refractivity contribution >= 4 is 0 Å². The zero-order chi connectivity index (χ0) is 14.5. The molecule has 1 rings (SSSR count). The average Bonchev–Trinajstić information content (AvgIpc) is 2.38. The van der Waals surface area contributed by atoms with Gasteiger partial charge in [0.15, 0.2) is 0 Å². The van der Waals surface area contributed by atoms with E-state index in [0.717, 1.165) is 18.7 Å². The molecule has 1 aromatic rings. The smallest absolute Gasteiger partial charge is 0.122 e. The van der Waals surface area contributed by atoms with Crippen molar-refractivity contribution in [3.05, 3.63) is 29.8 Å². The number of nitrogens with zero attached hydrogens (tertiary/aromatic N) is 1. The Morgan fingerprint density at radius 3 is 2.53 bits per heavy atom. The molecular weight excluding hydrogens is 236 g/mol. The van der Waals surface area contributed by atoms with Crippen LogP contribution in [0.15, 0.2) is 24.3 Å². The number of para-hydroxylation sites is 1. The van der Waals surface area contributed by atoms with Crippen molar-refractivity contribution < 1.29 is 4.74 Å². The van der Waals surface area contributed by atoms with Crippen LogP contribution in [0.1, 0.15) is 26.3 Å². The maximum absolute atomic E-state index is 5.81. The van der Waals surface area contributed by atoms with Crippen molar-refractivity contribution in [2.75, 3.05) is 27.2 Å². The van der Waals surface area contributed by atoms with Gasteiger partial charge in [-0.1, -0.05) is 32.0 Å². The third-order valence-electron chi connectivity index (χ3n) is 3.69. The van der Waals surface area contributed by atoms with Crippen LogP contribution in [-0.2, 0) is 6.42 Å². The largest absolute Gasteiger partial charge is 0.496 e. The number of rotatable bonds is 7. The molecular formula is C16H28N2O. The first-order chi connectivity index (χ1) is 8.89. The van der Waals surface area contributed by atoms with Crippen molar-refractivity contribution in [3.8, 4) is 5.75 Å². The lowest BCUT2D eigenvalue weighted by molar-refractivity contribution is 0.172. The van der Waals surface area contributed by atoms with E-state index in [2.05, 4.69) is 44.9 Å². The molecule has 0 amide bonds. The third-order valence-corrected chi connectivity index (χ3v) is 3.69. The molecule has 19 heavy (non-hydrogen) atoms. The highest BCUT2D eigenvalue weighted by Gasteiger charge is 2.21. The van der Waals surface area contributed by atoms with E-state index in [9.17, 15) is 0 Å². The predicted molar refractivity (Wildman–Crippen MR) is 81.6 cm³/mol. The van der Waals surface area contributed by atoms with Gasteiger partial charge in [0.1, 0.15) is 5.75 Å². The highest BCUT2D eigenvalue weighted by Crippen LogP contribution is 2.22. The fourth-order valence-electron chi connectivity index (χ4n) is 2.24. The molecule has 1 aromatic carbocycles. The van der Waals surface area contributed by atoms with E-state index < -0.39 is 0 Å². The van der Waals surface area contributed by atoms with Gasteiger partial charge in [-0.3, -0.25) is 0 Å². The molecule has 0 aliphatic heterocycles. The van der Waals surface area contributed by atoms with Crippen LogP contribution in [0.4, 0.5) is 0 Å². The van der Waals surface area contributed by atoms with E-state index in [0.29, 0.717) is 12.6 Å². The Balaban J connectivity index is 2.66. The predicted octanol–water partition coefficient (Wildman–Crippen LogP) is 2.54. The van der Waals surface area contributed by atoms with Crippen molar-refractivity contribution in [1.82, 2.24) is 4.90 Å². The summed E-state index contributed by atoms with van der Waals surface area (Å²) < 4.78 is 5.41. The second-order valence-electron chi connectivity index (χ2n) is 6.15. The third kappa shape index (κ3) is 4.84. The van der Waals surface area contributed by atoms with Gasteiger partial charge in [0.05, 0.1) is 7.11 Å². The molecule has 0 saturated carbocycles. The fourth-order valence-corrected chi connectivity index (χ4v) is 2.24. The molecule has 3 heteroatoms. The van der Waals surface area contributed by atoms with Crippen LogP contribution in [0.25, 0.3) is 0 Å². The van der Waals surface area contributed by atoms with Gasteiger partial charge in [-0.2, -0.15) is 0 Å². The lowest BCUT2D eigenvalue weighted by Crippen LogP contribution is -2.41. The molecule has 108 valence electrons. The van der Waals surface area contributed by atoms with Gasteiger partial charge in [0.2, 0.25) is 0 Å². The van der Waals surface area contributed by atoms with Crippen LogP contribution in [0.5, 0.6) is 5.75 Å². The first kappa shape index (κ1) is 16.0. The Morgan fingerprint density at radius 1 is 1.32 bits per heavy atom. The molecule has 0 fully saturated rings. The summed E-state index contributed by atoms with van der Waals surface area (Å²) in [5.74, 6) is 0.973. The molecule has 2 N–H and O–H groups in total. The van der Waals surface area contributed by atoms with Crippen molar-refractivity contribution in [2.45, 2.75) is 33.2 Å². The molecule has 0 saturated heterocycles. The standard InChI is InChI=1S/C16H28N2O/c1-13(18(4)12-16(2,3)11-17)10-14-8-6-7-9-15(14)19-5/h6-9,13H,10-12,17H2,1-5H3. The summed E-state index contributed by atoms with van der Waals surface area (Å²) in [6.07, 6.45) is 0.987. The Labute approximate surface area is 117 Å². The average molecular weight is 264 g/mol. The first-order valence-electron chi connectivity index (χ1n) is 6.92. The van der Waals surface area contributed by atoms with Crippen LogP contribution >= 0.6 is 0 Å². The summed E-state index contributed by atoms with van der Waals surface area (Å²) in [4.78, 5) is 2.37. The molecule has 0 spiro atoms. The molecule has 3 nitrogen and oxygen atoms in total. The molecule has 0 heterocycles. The Morgan fingerprint density at radius 2 is 1.95 bits per heavy atom. The number of ether oxygens (including phenoxy) is 1. The zero-order valence-corrected chi connectivity index (χ0v) is 12.9. The lowest BCUT2D eigenvalue weighted by Gasteiger charge is -2.33. The Bertz CT molecular complexity index is 390. The number of methoxy groups -OCH3 is 1. The normalized spacial score (nSPS) is 13.6. The van der Waals surface area contributed by atoms with E-state index >= 15 is 0 Å². The van der Waals surface area contributed by atoms with Crippen molar-refractivity contribution in [2.24, 2.45) is 11.1 Å². The lowest BCUT2D eigenvalue weighted by atomic mass is 9.92. The minimum Gasteiger partial charge on any atom is -0.496 e. The minimum absolute atomic E-state index is 0.157. The molecule has 0 aromatic heterocycles. The van der Waals surface area contributed by atoms with Crippen molar-refractivity contribution in [3.63, 3.8) is 0 Å². The van der Waals surface area contributed by atoms with Gasteiger partial charge in [0, 0.05) is 12.6 Å². The minimum atomic E-state index is 0.157. The van der Waals surface area contributed by atoms with Crippen LogP contribution in [-0.4, -0.2) is 38.2 Å². The van der Waals surface area contributed by atoms with Crippen LogP contribution < -0.4 is 10.5 Å². The summed E-state index contributed by atoms with van der Waals surface area (Å²) in [5.41, 5.74) is 7.22. The number of hydrogen-bond donors (Lipinski definition) is 1. The molecule has 1 unspecified atom stereocenters. The van der Waals surface area contributed by atoms with Crippen LogP contribution in [0, 0.1) is 5.41 Å². The zero-order valence-electron chi connectivity index (χ0n) is 12.9. The second-order valence-corrected chi connectivity index (χ2v) is 6.15. The number of hydrogen-bond acceptors (Lipinski definition) is 3. The van der Waals surface area contributed by atoms with E-state index in [4.69, 9.17) is 10.5 Å². The maximum Gasteiger partial charge on any atom is 0.122 e. The monoisotopic (exact) mass is 264 g/mol.